The van der Waals surface area contributed by atoms with Crippen LogP contribution in [0.15, 0.2) is 77.4 Å². The van der Waals surface area contributed by atoms with Gasteiger partial charge in [-0.3, -0.25) is 4.98 Å². The Hall–Kier alpha value is -5.09. The highest BCUT2D eigenvalue weighted by atomic mass is 19.4. The maximum absolute atomic E-state index is 13.7. The smallest absolute Gasteiger partial charge is 0.475 e. The Kier molecular flexibility index (Phi) is 9.91. The van der Waals surface area contributed by atoms with Crippen molar-refractivity contribution in [3.05, 3.63) is 101 Å². The van der Waals surface area contributed by atoms with Gasteiger partial charge in [0.15, 0.2) is 5.76 Å². The predicted molar refractivity (Wildman–Crippen MR) is 135 cm³/mol. The first-order valence-corrected chi connectivity index (χ1v) is 12.0. The lowest BCUT2D eigenvalue weighted by Crippen LogP contribution is -2.35. The third kappa shape index (κ3) is 8.48. The normalized spacial score (nSPS) is 12.5. The zero-order chi connectivity index (χ0) is 32.9. The van der Waals surface area contributed by atoms with E-state index in [0.717, 1.165) is 42.6 Å². The van der Waals surface area contributed by atoms with Gasteiger partial charge in [0.1, 0.15) is 11.4 Å². The standard InChI is InChI=1S/C25H18F6N4O2.C2HF3O2/c1-14-19(22(37-35-14)16-6-3-2-4-7-16)33-23(36)34-20(15-9-11-17(12-10-15)24(26,27)28)21-18(25(29,30)31)8-5-13-32-21;3-2(4,5)1(6)7/h2-13,20H,1H3,(H2,33,34,36);(H,6,7)/t20-;/m0./s1. The number of nitrogens with one attached hydrogen (secondary N) is 2. The number of anilines is 1. The van der Waals surface area contributed by atoms with Crippen molar-refractivity contribution >= 4 is 17.7 Å². The van der Waals surface area contributed by atoms with Gasteiger partial charge in [-0.1, -0.05) is 47.6 Å². The number of aromatic nitrogens is 2. The lowest BCUT2D eigenvalue weighted by atomic mass is 9.98. The van der Waals surface area contributed by atoms with E-state index in [1.54, 1.807) is 37.3 Å². The van der Waals surface area contributed by atoms with Gasteiger partial charge in [0.25, 0.3) is 0 Å². The number of carbonyl (C=O) groups excluding carboxylic acids is 1. The van der Waals surface area contributed by atoms with Crippen LogP contribution in [0, 0.1) is 6.92 Å². The molecule has 0 unspecified atom stereocenters. The summed E-state index contributed by atoms with van der Waals surface area (Å²) in [5.74, 6) is -2.54. The topological polar surface area (TPSA) is 117 Å². The van der Waals surface area contributed by atoms with Crippen molar-refractivity contribution in [2.24, 2.45) is 0 Å². The Labute approximate surface area is 241 Å². The molecule has 0 aliphatic heterocycles. The van der Waals surface area contributed by atoms with Crippen LogP contribution in [0.2, 0.25) is 0 Å². The van der Waals surface area contributed by atoms with Crippen molar-refractivity contribution in [2.75, 3.05) is 5.32 Å². The first kappa shape index (κ1) is 33.4. The monoisotopic (exact) mass is 634 g/mol. The molecule has 2 amide bonds. The predicted octanol–water partition coefficient (Wildman–Crippen LogP) is 7.63. The number of benzene rings is 2. The number of hydrogen-bond acceptors (Lipinski definition) is 5. The Bertz CT molecular complexity index is 1580. The lowest BCUT2D eigenvalue weighted by Gasteiger charge is -2.23. The number of carboxylic acids is 1. The summed E-state index contributed by atoms with van der Waals surface area (Å²) in [6, 6.07) is 11.4. The molecule has 0 saturated heterocycles. The molecule has 2 aromatic heterocycles. The summed E-state index contributed by atoms with van der Waals surface area (Å²) < 4.78 is 117. The first-order chi connectivity index (χ1) is 20.4. The van der Waals surface area contributed by atoms with Gasteiger partial charge in [-0.05, 0) is 36.8 Å². The van der Waals surface area contributed by atoms with Crippen LogP contribution in [0.1, 0.15) is 34.1 Å². The molecule has 2 aromatic carbocycles. The molecule has 4 aromatic rings. The van der Waals surface area contributed by atoms with Gasteiger partial charge in [-0.2, -0.15) is 39.5 Å². The van der Waals surface area contributed by atoms with Gasteiger partial charge in [0.05, 0.1) is 22.9 Å². The minimum Gasteiger partial charge on any atom is -0.475 e. The molecule has 0 radical (unpaired) electrons. The van der Waals surface area contributed by atoms with Crippen molar-refractivity contribution in [3.8, 4) is 11.3 Å². The van der Waals surface area contributed by atoms with Crippen LogP contribution in [0.5, 0.6) is 0 Å². The molecule has 0 fully saturated rings. The number of urea groups is 1. The SMILES string of the molecule is Cc1noc(-c2ccccc2)c1NC(=O)N[C@@H](c1ccc(C(F)(F)F)cc1)c1ncccc1C(F)(F)F.O=C(O)C(F)(F)F. The Morgan fingerprint density at radius 1 is 0.841 bits per heavy atom. The van der Waals surface area contributed by atoms with Gasteiger partial charge in [0, 0.05) is 11.8 Å². The van der Waals surface area contributed by atoms with E-state index in [-0.39, 0.29) is 17.0 Å². The van der Waals surface area contributed by atoms with Gasteiger partial charge < -0.3 is 20.3 Å². The number of carboxylic acid groups (broad SMARTS) is 1. The van der Waals surface area contributed by atoms with E-state index in [1.165, 1.54) is 0 Å². The molecule has 17 heteroatoms. The Morgan fingerprint density at radius 3 is 1.95 bits per heavy atom. The third-order valence-electron chi connectivity index (χ3n) is 5.64. The summed E-state index contributed by atoms with van der Waals surface area (Å²) in [5, 5.41) is 15.9. The van der Waals surface area contributed by atoms with Crippen LogP contribution >= 0.6 is 0 Å². The van der Waals surface area contributed by atoms with Gasteiger partial charge >= 0.3 is 30.5 Å². The highest BCUT2D eigenvalue weighted by Crippen LogP contribution is 2.37. The van der Waals surface area contributed by atoms with Crippen LogP contribution in [-0.4, -0.2) is 33.4 Å². The number of aryl methyl sites for hydroxylation is 1. The van der Waals surface area contributed by atoms with Crippen molar-refractivity contribution < 1.29 is 58.7 Å². The second-order valence-corrected chi connectivity index (χ2v) is 8.73. The summed E-state index contributed by atoms with van der Waals surface area (Å²) in [6.45, 7) is 1.55. The number of halogens is 9. The molecule has 0 bridgehead atoms. The molecular formula is C27H19F9N4O4. The number of aliphatic carboxylic acids is 1. The Balaban J connectivity index is 0.000000676. The minimum atomic E-state index is -5.08. The highest BCUT2D eigenvalue weighted by Gasteiger charge is 2.39. The number of rotatable bonds is 5. The maximum Gasteiger partial charge on any atom is 0.490 e. The quantitative estimate of drug-likeness (QED) is 0.195. The second-order valence-electron chi connectivity index (χ2n) is 8.73. The van der Waals surface area contributed by atoms with E-state index < -0.39 is 53.4 Å². The van der Waals surface area contributed by atoms with E-state index in [0.29, 0.717) is 11.3 Å². The number of pyridine rings is 1. The molecule has 44 heavy (non-hydrogen) atoms. The van der Waals surface area contributed by atoms with Crippen molar-refractivity contribution in [2.45, 2.75) is 31.5 Å². The maximum atomic E-state index is 13.7. The van der Waals surface area contributed by atoms with Crippen molar-refractivity contribution in [3.63, 3.8) is 0 Å². The number of alkyl halides is 9. The molecule has 234 valence electrons. The Morgan fingerprint density at radius 2 is 1.43 bits per heavy atom. The van der Waals surface area contributed by atoms with Gasteiger partial charge in [-0.15, -0.1) is 0 Å². The molecule has 3 N–H and O–H groups in total. The zero-order valence-electron chi connectivity index (χ0n) is 22.0. The second kappa shape index (κ2) is 13.0. The summed E-state index contributed by atoms with van der Waals surface area (Å²) in [7, 11) is 0. The average molecular weight is 634 g/mol. The van der Waals surface area contributed by atoms with Crippen LogP contribution in [0.4, 0.5) is 50.0 Å². The van der Waals surface area contributed by atoms with Gasteiger partial charge in [-0.25, -0.2) is 9.59 Å². The lowest BCUT2D eigenvalue weighted by molar-refractivity contribution is -0.192. The molecule has 0 spiro atoms. The average Bonchev–Trinajstić information content (AvgIpc) is 3.30. The number of carbonyl (C=O) groups is 2. The van der Waals surface area contributed by atoms with E-state index in [9.17, 15) is 44.3 Å². The fourth-order valence-electron chi connectivity index (χ4n) is 3.65. The van der Waals surface area contributed by atoms with E-state index in [2.05, 4.69) is 20.8 Å². The molecular weight excluding hydrogens is 615 g/mol. The van der Waals surface area contributed by atoms with Crippen molar-refractivity contribution in [1.82, 2.24) is 15.5 Å². The van der Waals surface area contributed by atoms with E-state index >= 15 is 0 Å². The molecule has 0 aliphatic rings. The number of nitrogens with zero attached hydrogens (tertiary/aromatic N) is 2. The molecule has 8 nitrogen and oxygen atoms in total. The number of amides is 2. The molecule has 0 aliphatic carbocycles. The summed E-state index contributed by atoms with van der Waals surface area (Å²) in [6.07, 6.45) is -13.5. The van der Waals surface area contributed by atoms with E-state index in [1.807, 2.05) is 0 Å². The highest BCUT2D eigenvalue weighted by molar-refractivity contribution is 5.94. The van der Waals surface area contributed by atoms with Gasteiger partial charge in [0.2, 0.25) is 0 Å². The molecule has 1 atom stereocenters. The van der Waals surface area contributed by atoms with E-state index in [4.69, 9.17) is 14.4 Å². The fraction of sp³-hybridized carbons (Fsp3) is 0.185. The van der Waals surface area contributed by atoms with Crippen LogP contribution < -0.4 is 10.6 Å². The van der Waals surface area contributed by atoms with Crippen LogP contribution in [0.25, 0.3) is 11.3 Å². The molecule has 2 heterocycles. The van der Waals surface area contributed by atoms with Crippen LogP contribution in [-0.2, 0) is 17.1 Å². The summed E-state index contributed by atoms with van der Waals surface area (Å²) in [5.41, 5.74) is -1.72. The zero-order valence-corrected chi connectivity index (χ0v) is 22.0. The third-order valence-corrected chi connectivity index (χ3v) is 5.64. The molecule has 4 rings (SSSR count). The largest absolute Gasteiger partial charge is 0.490 e. The number of hydrogen-bond donors (Lipinski definition) is 3. The van der Waals surface area contributed by atoms with Crippen molar-refractivity contribution in [1.29, 1.82) is 0 Å². The first-order valence-electron chi connectivity index (χ1n) is 12.0. The minimum absolute atomic E-state index is 0.0438. The fourth-order valence-corrected chi connectivity index (χ4v) is 3.65. The van der Waals surface area contributed by atoms with Crippen LogP contribution in [0.3, 0.4) is 0 Å². The molecule has 0 saturated carbocycles. The summed E-state index contributed by atoms with van der Waals surface area (Å²) in [4.78, 5) is 25.7. The summed E-state index contributed by atoms with van der Waals surface area (Å²) >= 11 is 0.